The van der Waals surface area contributed by atoms with Gasteiger partial charge in [-0.2, -0.15) is 0 Å². The lowest BCUT2D eigenvalue weighted by atomic mass is 9.98. The predicted octanol–water partition coefficient (Wildman–Crippen LogP) is 2.52. The molecule has 1 aromatic heterocycles. The molecule has 33 heavy (non-hydrogen) atoms. The lowest BCUT2D eigenvalue weighted by molar-refractivity contribution is -0.151. The molecule has 1 fully saturated rings. The van der Waals surface area contributed by atoms with E-state index < -0.39 is 0 Å². The van der Waals surface area contributed by atoms with Gasteiger partial charge in [0.05, 0.1) is 19.1 Å². The molecule has 0 spiro atoms. The van der Waals surface area contributed by atoms with E-state index >= 15 is 0 Å². The first-order valence-corrected chi connectivity index (χ1v) is 11.3. The summed E-state index contributed by atoms with van der Waals surface area (Å²) >= 11 is 0. The highest BCUT2D eigenvalue weighted by Gasteiger charge is 2.29. The zero-order valence-electron chi connectivity index (χ0n) is 18.9. The third-order valence-corrected chi connectivity index (χ3v) is 5.45. The number of hydrogen-bond acceptors (Lipinski definition) is 7. The number of aryl methyl sites for hydroxylation is 1. The highest BCUT2D eigenvalue weighted by Crippen LogP contribution is 2.20. The van der Waals surface area contributed by atoms with Gasteiger partial charge < -0.3 is 19.4 Å². The van der Waals surface area contributed by atoms with E-state index in [1.165, 1.54) is 0 Å². The Bertz CT molecular complexity index is 1020. The van der Waals surface area contributed by atoms with Crippen LogP contribution in [0.25, 0.3) is 11.4 Å². The maximum atomic E-state index is 12.6. The minimum absolute atomic E-state index is 0.110. The molecule has 0 saturated carbocycles. The van der Waals surface area contributed by atoms with Gasteiger partial charge in [0.15, 0.2) is 5.82 Å². The molecule has 176 valence electrons. The molecule has 1 aliphatic heterocycles. The van der Waals surface area contributed by atoms with Crippen molar-refractivity contribution in [3.05, 3.63) is 53.0 Å². The Hall–Kier alpha value is -3.49. The summed E-state index contributed by atoms with van der Waals surface area (Å²) in [6.07, 6.45) is 4.33. The number of nitrogens with zero attached hydrogens (tertiary/aromatic N) is 3. The minimum Gasteiger partial charge on any atom is -0.493 e. The Morgan fingerprint density at radius 3 is 2.76 bits per heavy atom. The number of nitrogens with one attached hydrogen (secondary N) is 1. The Labute approximate surface area is 192 Å². The van der Waals surface area contributed by atoms with Crippen molar-refractivity contribution < 1.29 is 19.1 Å². The summed E-state index contributed by atoms with van der Waals surface area (Å²) < 4.78 is 10.7. The number of carbonyl (C=O) groups excluding carboxylic acids is 2. The third kappa shape index (κ3) is 6.74. The van der Waals surface area contributed by atoms with Gasteiger partial charge in [-0.3, -0.25) is 14.4 Å². The molecule has 1 amide bonds. The van der Waals surface area contributed by atoms with Crippen molar-refractivity contribution in [2.45, 2.75) is 39.0 Å². The van der Waals surface area contributed by atoms with Crippen molar-refractivity contribution in [1.82, 2.24) is 20.1 Å². The van der Waals surface area contributed by atoms with E-state index in [0.29, 0.717) is 43.4 Å². The summed E-state index contributed by atoms with van der Waals surface area (Å²) in [5.74, 6) is 0.407. The average molecular weight is 455 g/mol. The third-order valence-electron chi connectivity index (χ3n) is 5.45. The second-order valence-corrected chi connectivity index (χ2v) is 7.83. The Kier molecular flexibility index (Phi) is 8.74. The number of H-pyrrole nitrogens is 1. The Morgan fingerprint density at radius 1 is 1.27 bits per heavy atom. The molecule has 1 aliphatic rings. The summed E-state index contributed by atoms with van der Waals surface area (Å²) in [4.78, 5) is 41.5. The molecular weight excluding hydrogens is 424 g/mol. The van der Waals surface area contributed by atoms with Crippen LogP contribution < -0.4 is 10.3 Å². The van der Waals surface area contributed by atoms with E-state index in [1.807, 2.05) is 0 Å². The summed E-state index contributed by atoms with van der Waals surface area (Å²) in [6.45, 7) is 7.25. The van der Waals surface area contributed by atoms with Gasteiger partial charge in [0.1, 0.15) is 11.4 Å². The first-order valence-electron chi connectivity index (χ1n) is 11.3. The lowest BCUT2D eigenvalue weighted by Gasteiger charge is -2.31. The van der Waals surface area contributed by atoms with Crippen molar-refractivity contribution in [3.8, 4) is 17.1 Å². The summed E-state index contributed by atoms with van der Waals surface area (Å²) in [5, 5.41) is 8.16. The number of ether oxygens (including phenoxy) is 2. The number of rotatable bonds is 10. The number of aromatic amines is 1. The zero-order chi connectivity index (χ0) is 23.6. The van der Waals surface area contributed by atoms with Crippen LogP contribution >= 0.6 is 0 Å². The minimum atomic E-state index is -0.373. The lowest BCUT2D eigenvalue weighted by Crippen LogP contribution is -2.43. The summed E-state index contributed by atoms with van der Waals surface area (Å²) in [5.41, 5.74) is 0.536. The number of benzene rings is 1. The van der Waals surface area contributed by atoms with Gasteiger partial charge in [0, 0.05) is 31.5 Å². The van der Waals surface area contributed by atoms with E-state index in [4.69, 9.17) is 9.47 Å². The fourth-order valence-corrected chi connectivity index (χ4v) is 3.66. The fourth-order valence-electron chi connectivity index (χ4n) is 3.66. The predicted molar refractivity (Wildman–Crippen MR) is 123 cm³/mol. The van der Waals surface area contributed by atoms with Gasteiger partial charge in [-0.1, -0.05) is 6.08 Å². The molecule has 1 N–H and O–H groups in total. The van der Waals surface area contributed by atoms with Crippen LogP contribution in [0.2, 0.25) is 0 Å². The number of esters is 1. The fraction of sp³-hybridized carbons (Fsp3) is 0.458. The number of likely N-dealkylation sites (tertiary alicyclic amines) is 1. The van der Waals surface area contributed by atoms with Crippen LogP contribution in [-0.2, 0) is 20.7 Å². The Balaban J connectivity index is 1.56. The van der Waals surface area contributed by atoms with Crippen LogP contribution in [0.15, 0.2) is 41.7 Å². The highest BCUT2D eigenvalue weighted by atomic mass is 16.5. The van der Waals surface area contributed by atoms with Crippen LogP contribution in [0.3, 0.4) is 0 Å². The maximum absolute atomic E-state index is 12.6. The van der Waals surface area contributed by atoms with Gasteiger partial charge >= 0.3 is 5.97 Å². The van der Waals surface area contributed by atoms with Crippen LogP contribution in [-0.4, -0.2) is 58.3 Å². The zero-order valence-corrected chi connectivity index (χ0v) is 18.9. The first kappa shape index (κ1) is 24.2. The van der Waals surface area contributed by atoms with Crippen LogP contribution in [0.4, 0.5) is 0 Å². The molecule has 0 bridgehead atoms. The first-order chi connectivity index (χ1) is 16.0. The van der Waals surface area contributed by atoms with Crippen LogP contribution in [0.1, 0.15) is 38.3 Å². The maximum Gasteiger partial charge on any atom is 0.310 e. The molecule has 1 saturated heterocycles. The monoisotopic (exact) mass is 454 g/mol. The summed E-state index contributed by atoms with van der Waals surface area (Å²) in [7, 11) is 0. The number of hydrogen-bond donors (Lipinski definition) is 1. The van der Waals surface area contributed by atoms with Crippen LogP contribution in [0.5, 0.6) is 5.75 Å². The number of aromatic nitrogens is 3. The largest absolute Gasteiger partial charge is 0.493 e. The molecular formula is C24H30N4O5. The quantitative estimate of drug-likeness (QED) is 0.333. The van der Waals surface area contributed by atoms with E-state index in [2.05, 4.69) is 21.8 Å². The van der Waals surface area contributed by atoms with E-state index in [-0.39, 0.29) is 41.9 Å². The van der Waals surface area contributed by atoms with Gasteiger partial charge in [0.2, 0.25) is 5.91 Å². The van der Waals surface area contributed by atoms with Crippen molar-refractivity contribution >= 4 is 11.9 Å². The molecule has 9 heteroatoms. The second kappa shape index (κ2) is 11.9. The van der Waals surface area contributed by atoms with Gasteiger partial charge in [-0.25, -0.2) is 0 Å². The normalized spacial score (nSPS) is 15.7. The average Bonchev–Trinajstić information content (AvgIpc) is 2.84. The molecule has 3 rings (SSSR count). The van der Waals surface area contributed by atoms with Gasteiger partial charge in [-0.15, -0.1) is 16.8 Å². The SMILES string of the molecule is C=CCCOc1ccc(-c2nnc(CCC(=O)N3CCCC(C(=O)OCC)C3)c(=O)[nH]2)cc1. The number of amides is 1. The summed E-state index contributed by atoms with van der Waals surface area (Å²) in [6, 6.07) is 7.19. The second-order valence-electron chi connectivity index (χ2n) is 7.83. The van der Waals surface area contributed by atoms with E-state index in [1.54, 1.807) is 42.2 Å². The number of piperidine rings is 1. The van der Waals surface area contributed by atoms with Crippen molar-refractivity contribution in [2.24, 2.45) is 5.92 Å². The molecule has 2 heterocycles. The molecule has 1 unspecified atom stereocenters. The van der Waals surface area contributed by atoms with E-state index in [9.17, 15) is 14.4 Å². The van der Waals surface area contributed by atoms with Crippen LogP contribution in [0, 0.1) is 5.92 Å². The van der Waals surface area contributed by atoms with Gasteiger partial charge in [-0.05, 0) is 50.5 Å². The Morgan fingerprint density at radius 2 is 2.06 bits per heavy atom. The molecule has 1 aromatic carbocycles. The van der Waals surface area contributed by atoms with Crippen molar-refractivity contribution in [1.29, 1.82) is 0 Å². The van der Waals surface area contributed by atoms with E-state index in [0.717, 1.165) is 19.3 Å². The van der Waals surface area contributed by atoms with Crippen molar-refractivity contribution in [3.63, 3.8) is 0 Å². The smallest absolute Gasteiger partial charge is 0.310 e. The molecule has 1 atom stereocenters. The molecule has 0 aliphatic carbocycles. The molecule has 0 radical (unpaired) electrons. The topological polar surface area (TPSA) is 114 Å². The number of carbonyl (C=O) groups is 2. The molecule has 2 aromatic rings. The standard InChI is InChI=1S/C24H30N4O5/c1-3-5-15-33-19-10-8-17(9-11-19)22-25-23(30)20(26-27-22)12-13-21(29)28-14-6-7-18(16-28)24(31)32-4-2/h3,8-11,18H,1,4-7,12-16H2,2H3,(H,25,27,30). The highest BCUT2D eigenvalue weighted by molar-refractivity contribution is 5.78. The van der Waals surface area contributed by atoms with Crippen molar-refractivity contribution in [2.75, 3.05) is 26.3 Å². The molecule has 9 nitrogen and oxygen atoms in total. The van der Waals surface area contributed by atoms with Gasteiger partial charge in [0.25, 0.3) is 5.56 Å².